The summed E-state index contributed by atoms with van der Waals surface area (Å²) >= 11 is 0. The van der Waals surface area contributed by atoms with Crippen molar-refractivity contribution < 1.29 is 0 Å². The first-order valence-corrected chi connectivity index (χ1v) is 8.95. The van der Waals surface area contributed by atoms with Crippen molar-refractivity contribution >= 4 is 0 Å². The van der Waals surface area contributed by atoms with Crippen LogP contribution in [0.25, 0.3) is 0 Å². The zero-order valence-corrected chi connectivity index (χ0v) is 13.7. The summed E-state index contributed by atoms with van der Waals surface area (Å²) in [5, 5.41) is 0. The summed E-state index contributed by atoms with van der Waals surface area (Å²) in [6, 6.07) is 0. The topological polar surface area (TPSA) is 6.48 Å². The Morgan fingerprint density at radius 1 is 0.750 bits per heavy atom. The summed E-state index contributed by atoms with van der Waals surface area (Å²) in [6.07, 6.45) is 9.32. The van der Waals surface area contributed by atoms with Gasteiger partial charge in [-0.3, -0.25) is 9.80 Å². The van der Waals surface area contributed by atoms with Gasteiger partial charge in [-0.15, -0.1) is 0 Å². The molecule has 1 saturated heterocycles. The molecule has 0 aromatic heterocycles. The maximum Gasteiger partial charge on any atom is 0.0218 e. The molecule has 114 valence electrons. The molecule has 0 radical (unpaired) electrons. The molecule has 0 N–H and O–H groups in total. The van der Waals surface area contributed by atoms with Gasteiger partial charge in [0.2, 0.25) is 0 Å². The second kappa shape index (κ2) is 4.46. The van der Waals surface area contributed by atoms with Gasteiger partial charge in [-0.2, -0.15) is 0 Å². The Kier molecular flexibility index (Phi) is 3.03. The maximum atomic E-state index is 2.93. The van der Waals surface area contributed by atoms with Crippen molar-refractivity contribution in [3.63, 3.8) is 0 Å². The summed E-state index contributed by atoms with van der Waals surface area (Å²) in [7, 11) is 0. The van der Waals surface area contributed by atoms with Gasteiger partial charge in [0.15, 0.2) is 0 Å². The van der Waals surface area contributed by atoms with Gasteiger partial charge in [0.25, 0.3) is 0 Å². The normalized spacial score (nSPS) is 46.0. The molecular weight excluding hydrogens is 244 g/mol. The van der Waals surface area contributed by atoms with Crippen molar-refractivity contribution in [1.29, 1.82) is 0 Å². The molecule has 2 heteroatoms. The fourth-order valence-corrected chi connectivity index (χ4v) is 6.30. The highest BCUT2D eigenvalue weighted by Gasteiger charge is 2.53. The summed E-state index contributed by atoms with van der Waals surface area (Å²) in [5.41, 5.74) is 0.992. The Hall–Kier alpha value is -0.0800. The maximum absolute atomic E-state index is 2.93. The minimum Gasteiger partial charge on any atom is -0.296 e. The largest absolute Gasteiger partial charge is 0.296 e. The third kappa shape index (κ3) is 2.14. The molecule has 0 aromatic rings. The quantitative estimate of drug-likeness (QED) is 0.724. The lowest BCUT2D eigenvalue weighted by Gasteiger charge is -2.62. The summed E-state index contributed by atoms with van der Waals surface area (Å²) in [6.45, 7) is 12.3. The van der Waals surface area contributed by atoms with Gasteiger partial charge in [0.1, 0.15) is 0 Å². The molecular formula is C18H32N2. The van der Waals surface area contributed by atoms with Crippen molar-refractivity contribution in [2.24, 2.45) is 17.8 Å². The molecule has 4 saturated carbocycles. The molecule has 5 fully saturated rings. The molecule has 1 aliphatic heterocycles. The van der Waals surface area contributed by atoms with Gasteiger partial charge < -0.3 is 0 Å². The van der Waals surface area contributed by atoms with Crippen LogP contribution in [0.15, 0.2) is 0 Å². The Labute approximate surface area is 124 Å². The van der Waals surface area contributed by atoms with Crippen LogP contribution in [0.3, 0.4) is 0 Å². The molecule has 5 rings (SSSR count). The highest BCUT2D eigenvalue weighted by atomic mass is 15.3. The lowest BCUT2D eigenvalue weighted by atomic mass is 9.52. The van der Waals surface area contributed by atoms with E-state index in [0.29, 0.717) is 11.1 Å². The average molecular weight is 276 g/mol. The Morgan fingerprint density at radius 2 is 1.20 bits per heavy atom. The Bertz CT molecular complexity index is 338. The van der Waals surface area contributed by atoms with E-state index < -0.39 is 0 Å². The molecule has 0 atom stereocenters. The van der Waals surface area contributed by atoms with Crippen LogP contribution in [0.1, 0.15) is 59.3 Å². The number of nitrogens with zero attached hydrogens (tertiary/aromatic N) is 2. The van der Waals surface area contributed by atoms with Gasteiger partial charge in [-0.05, 0) is 77.0 Å². The SMILES string of the molecule is CC(C)(C)N1CCN(C23CC4CC(CC(C4)C2)C3)CC1. The standard InChI is InChI=1S/C18H32N2/c1-17(2,3)19-4-6-20(7-5-19)18-11-14-8-15(12-18)10-16(9-14)13-18/h14-16H,4-13H2,1-3H3. The van der Waals surface area contributed by atoms with Crippen LogP contribution >= 0.6 is 0 Å². The average Bonchev–Trinajstić information content (AvgIpc) is 2.36. The van der Waals surface area contributed by atoms with Crippen LogP contribution in [0, 0.1) is 17.8 Å². The predicted octanol–water partition coefficient (Wildman–Crippen LogP) is 3.37. The van der Waals surface area contributed by atoms with Crippen molar-refractivity contribution in [2.75, 3.05) is 26.2 Å². The number of piperazine rings is 1. The van der Waals surface area contributed by atoms with Crippen molar-refractivity contribution in [3.8, 4) is 0 Å². The zero-order valence-electron chi connectivity index (χ0n) is 13.7. The highest BCUT2D eigenvalue weighted by molar-refractivity contribution is 5.08. The first-order valence-electron chi connectivity index (χ1n) is 8.95. The van der Waals surface area contributed by atoms with Crippen LogP contribution in [0.5, 0.6) is 0 Å². The summed E-state index contributed by atoms with van der Waals surface area (Å²) < 4.78 is 0. The van der Waals surface area contributed by atoms with E-state index in [1.54, 1.807) is 19.3 Å². The van der Waals surface area contributed by atoms with E-state index in [4.69, 9.17) is 0 Å². The van der Waals surface area contributed by atoms with Gasteiger partial charge in [-0.1, -0.05) is 0 Å². The fourth-order valence-electron chi connectivity index (χ4n) is 6.30. The van der Waals surface area contributed by atoms with Gasteiger partial charge in [-0.25, -0.2) is 0 Å². The first-order chi connectivity index (χ1) is 9.45. The van der Waals surface area contributed by atoms with Crippen LogP contribution in [-0.4, -0.2) is 47.1 Å². The highest BCUT2D eigenvalue weighted by Crippen LogP contribution is 2.57. The molecule has 0 amide bonds. The van der Waals surface area contributed by atoms with E-state index >= 15 is 0 Å². The predicted molar refractivity (Wildman–Crippen MR) is 83.8 cm³/mol. The second-order valence-electron chi connectivity index (χ2n) is 9.29. The molecule has 0 aromatic carbocycles. The number of rotatable bonds is 1. The Morgan fingerprint density at radius 3 is 1.60 bits per heavy atom. The Balaban J connectivity index is 1.47. The van der Waals surface area contributed by atoms with E-state index in [9.17, 15) is 0 Å². The van der Waals surface area contributed by atoms with Crippen molar-refractivity contribution in [1.82, 2.24) is 9.80 Å². The van der Waals surface area contributed by atoms with E-state index in [1.165, 1.54) is 45.4 Å². The van der Waals surface area contributed by atoms with Crippen LogP contribution in [-0.2, 0) is 0 Å². The van der Waals surface area contributed by atoms with Crippen LogP contribution in [0.2, 0.25) is 0 Å². The molecule has 20 heavy (non-hydrogen) atoms. The van der Waals surface area contributed by atoms with Crippen molar-refractivity contribution in [2.45, 2.75) is 70.4 Å². The molecule has 0 unspecified atom stereocenters. The zero-order chi connectivity index (χ0) is 14.0. The van der Waals surface area contributed by atoms with E-state index in [2.05, 4.69) is 30.6 Å². The number of hydrogen-bond donors (Lipinski definition) is 0. The van der Waals surface area contributed by atoms with Gasteiger partial charge in [0.05, 0.1) is 0 Å². The smallest absolute Gasteiger partial charge is 0.0218 e. The monoisotopic (exact) mass is 276 g/mol. The molecule has 5 aliphatic rings. The fraction of sp³-hybridized carbons (Fsp3) is 1.00. The molecule has 1 heterocycles. The molecule has 0 spiro atoms. The van der Waals surface area contributed by atoms with Crippen molar-refractivity contribution in [3.05, 3.63) is 0 Å². The molecule has 4 aliphatic carbocycles. The lowest BCUT2D eigenvalue weighted by molar-refractivity contribution is -0.107. The minimum absolute atomic E-state index is 0.355. The third-order valence-electron chi connectivity index (χ3n) is 6.91. The molecule has 2 nitrogen and oxygen atoms in total. The number of hydrogen-bond acceptors (Lipinski definition) is 2. The van der Waals surface area contributed by atoms with Gasteiger partial charge in [0, 0.05) is 37.3 Å². The molecule has 4 bridgehead atoms. The van der Waals surface area contributed by atoms with E-state index in [0.717, 1.165) is 17.8 Å². The van der Waals surface area contributed by atoms with Crippen LogP contribution < -0.4 is 0 Å². The first kappa shape index (κ1) is 13.6. The van der Waals surface area contributed by atoms with Gasteiger partial charge >= 0.3 is 0 Å². The summed E-state index contributed by atoms with van der Waals surface area (Å²) in [4.78, 5) is 5.61. The minimum atomic E-state index is 0.355. The van der Waals surface area contributed by atoms with E-state index in [1.807, 2.05) is 0 Å². The second-order valence-corrected chi connectivity index (χ2v) is 9.29. The third-order valence-corrected chi connectivity index (χ3v) is 6.91. The van der Waals surface area contributed by atoms with E-state index in [-0.39, 0.29) is 0 Å². The van der Waals surface area contributed by atoms with Crippen LogP contribution in [0.4, 0.5) is 0 Å². The summed E-state index contributed by atoms with van der Waals surface area (Å²) in [5.74, 6) is 3.26. The lowest BCUT2D eigenvalue weighted by Crippen LogP contribution is -2.65.